The molecule has 1 aromatic heterocycles. The fourth-order valence-corrected chi connectivity index (χ4v) is 2.42. The summed E-state index contributed by atoms with van der Waals surface area (Å²) in [4.78, 5) is 8.91. The summed E-state index contributed by atoms with van der Waals surface area (Å²) in [7, 11) is 0. The summed E-state index contributed by atoms with van der Waals surface area (Å²) >= 11 is 0. The first-order chi connectivity index (χ1) is 8.34. The molecule has 4 nitrogen and oxygen atoms in total. The molecule has 1 aromatic rings. The van der Waals surface area contributed by atoms with Crippen LogP contribution in [-0.2, 0) is 5.41 Å². The highest BCUT2D eigenvalue weighted by atomic mass is 15.1. The van der Waals surface area contributed by atoms with E-state index in [-0.39, 0.29) is 5.41 Å². The van der Waals surface area contributed by atoms with Gasteiger partial charge < -0.3 is 11.1 Å². The Morgan fingerprint density at radius 1 is 1.28 bits per heavy atom. The molecule has 0 bridgehead atoms. The van der Waals surface area contributed by atoms with E-state index in [0.717, 1.165) is 17.6 Å². The quantitative estimate of drug-likeness (QED) is 0.844. The smallest absolute Gasteiger partial charge is 0.138 e. The number of rotatable bonds is 2. The van der Waals surface area contributed by atoms with Crippen molar-refractivity contribution in [1.82, 2.24) is 9.97 Å². The van der Waals surface area contributed by atoms with Gasteiger partial charge in [0.25, 0.3) is 0 Å². The first kappa shape index (κ1) is 13.1. The largest absolute Gasteiger partial charge is 0.384 e. The molecule has 0 aromatic carbocycles. The lowest BCUT2D eigenvalue weighted by molar-refractivity contribution is 0.546. The predicted molar refractivity (Wildman–Crippen MR) is 75.6 cm³/mol. The van der Waals surface area contributed by atoms with Gasteiger partial charge in [-0.05, 0) is 25.2 Å². The maximum absolute atomic E-state index is 5.87. The maximum atomic E-state index is 5.87. The molecule has 1 heterocycles. The molecule has 18 heavy (non-hydrogen) atoms. The van der Waals surface area contributed by atoms with Crippen LogP contribution in [0.3, 0.4) is 0 Å². The molecule has 0 radical (unpaired) electrons. The van der Waals surface area contributed by atoms with Gasteiger partial charge in [0, 0.05) is 17.5 Å². The average molecular weight is 248 g/mol. The normalized spacial score (nSPS) is 24.2. The highest BCUT2D eigenvalue weighted by molar-refractivity contribution is 5.46. The van der Waals surface area contributed by atoms with Crippen LogP contribution >= 0.6 is 0 Å². The molecule has 1 fully saturated rings. The fourth-order valence-electron chi connectivity index (χ4n) is 2.42. The molecule has 3 N–H and O–H groups in total. The Morgan fingerprint density at radius 2 is 2.00 bits per heavy atom. The van der Waals surface area contributed by atoms with Crippen molar-refractivity contribution in [3.05, 3.63) is 11.9 Å². The molecule has 0 spiro atoms. The van der Waals surface area contributed by atoms with Gasteiger partial charge >= 0.3 is 0 Å². The fraction of sp³-hybridized carbons (Fsp3) is 0.714. The number of nitrogens with zero attached hydrogens (tertiary/aromatic N) is 2. The third-order valence-corrected chi connectivity index (χ3v) is 3.46. The third-order valence-electron chi connectivity index (χ3n) is 3.46. The van der Waals surface area contributed by atoms with E-state index >= 15 is 0 Å². The number of hydrogen-bond acceptors (Lipinski definition) is 4. The zero-order valence-corrected chi connectivity index (χ0v) is 11.8. The minimum atomic E-state index is -0.0746. The van der Waals surface area contributed by atoms with Gasteiger partial charge in [-0.3, -0.25) is 0 Å². The lowest BCUT2D eigenvalue weighted by Crippen LogP contribution is -2.21. The maximum Gasteiger partial charge on any atom is 0.138 e. The highest BCUT2D eigenvalue weighted by Crippen LogP contribution is 2.28. The van der Waals surface area contributed by atoms with E-state index in [0.29, 0.717) is 11.9 Å². The number of nitrogens with one attached hydrogen (secondary N) is 1. The summed E-state index contributed by atoms with van der Waals surface area (Å²) in [6.07, 6.45) is 3.73. The van der Waals surface area contributed by atoms with Crippen LogP contribution in [0.1, 0.15) is 52.8 Å². The Morgan fingerprint density at radius 3 is 2.56 bits per heavy atom. The van der Waals surface area contributed by atoms with Crippen molar-refractivity contribution in [3.63, 3.8) is 0 Å². The van der Waals surface area contributed by atoms with Crippen molar-refractivity contribution in [3.8, 4) is 0 Å². The summed E-state index contributed by atoms with van der Waals surface area (Å²) in [6, 6.07) is 2.36. The first-order valence-electron chi connectivity index (χ1n) is 6.76. The van der Waals surface area contributed by atoms with Crippen molar-refractivity contribution < 1.29 is 0 Å². The molecule has 1 aliphatic rings. The van der Waals surface area contributed by atoms with E-state index < -0.39 is 0 Å². The Balaban J connectivity index is 2.15. The number of nitrogens with two attached hydrogens (primary N) is 1. The van der Waals surface area contributed by atoms with Gasteiger partial charge in [0.15, 0.2) is 0 Å². The van der Waals surface area contributed by atoms with Gasteiger partial charge in [-0.15, -0.1) is 0 Å². The Hall–Kier alpha value is -1.32. The molecule has 2 rings (SSSR count). The molecule has 0 saturated heterocycles. The van der Waals surface area contributed by atoms with Crippen LogP contribution < -0.4 is 11.1 Å². The van der Waals surface area contributed by atoms with Crippen LogP contribution in [-0.4, -0.2) is 16.0 Å². The lowest BCUT2D eigenvalue weighted by atomic mass is 9.96. The van der Waals surface area contributed by atoms with Gasteiger partial charge in [0.05, 0.1) is 0 Å². The zero-order valence-electron chi connectivity index (χ0n) is 11.8. The molecule has 1 saturated carbocycles. The van der Waals surface area contributed by atoms with Crippen molar-refractivity contribution in [2.24, 2.45) is 5.92 Å². The molecule has 0 aliphatic heterocycles. The second-order valence-corrected chi connectivity index (χ2v) is 6.51. The molecule has 1 aliphatic carbocycles. The van der Waals surface area contributed by atoms with E-state index in [1.807, 2.05) is 6.07 Å². The molecule has 4 heteroatoms. The number of anilines is 2. The monoisotopic (exact) mass is 248 g/mol. The van der Waals surface area contributed by atoms with Crippen molar-refractivity contribution in [2.45, 2.75) is 58.4 Å². The molecule has 2 unspecified atom stereocenters. The minimum absolute atomic E-state index is 0.0746. The van der Waals surface area contributed by atoms with Gasteiger partial charge in [-0.1, -0.05) is 27.7 Å². The van der Waals surface area contributed by atoms with Crippen molar-refractivity contribution in [2.75, 3.05) is 11.1 Å². The van der Waals surface area contributed by atoms with Crippen molar-refractivity contribution in [1.29, 1.82) is 0 Å². The second kappa shape index (κ2) is 4.75. The summed E-state index contributed by atoms with van der Waals surface area (Å²) in [5.41, 5.74) is 5.79. The molecular formula is C14H24N4. The van der Waals surface area contributed by atoms with Crippen LogP contribution in [0.25, 0.3) is 0 Å². The Labute approximate surface area is 109 Å². The molecule has 2 atom stereocenters. The van der Waals surface area contributed by atoms with Crippen LogP contribution in [0, 0.1) is 5.92 Å². The second-order valence-electron chi connectivity index (χ2n) is 6.51. The lowest BCUT2D eigenvalue weighted by Gasteiger charge is -2.19. The highest BCUT2D eigenvalue weighted by Gasteiger charge is 2.23. The van der Waals surface area contributed by atoms with E-state index in [4.69, 9.17) is 5.73 Å². The molecular weight excluding hydrogens is 224 g/mol. The van der Waals surface area contributed by atoms with Crippen molar-refractivity contribution >= 4 is 11.6 Å². The zero-order chi connectivity index (χ0) is 13.3. The number of aromatic nitrogens is 2. The Bertz CT molecular complexity index is 422. The van der Waals surface area contributed by atoms with Crippen LogP contribution in [0.15, 0.2) is 6.07 Å². The van der Waals surface area contributed by atoms with E-state index in [2.05, 4.69) is 43.0 Å². The van der Waals surface area contributed by atoms with Gasteiger partial charge in [0.2, 0.25) is 0 Å². The summed E-state index contributed by atoms with van der Waals surface area (Å²) in [5, 5.41) is 3.49. The topological polar surface area (TPSA) is 63.8 Å². The van der Waals surface area contributed by atoms with E-state index in [9.17, 15) is 0 Å². The minimum Gasteiger partial charge on any atom is -0.384 e. The standard InChI is InChI=1S/C14H24N4/c1-9-5-6-10(7-9)16-12-8-11(15)17-13(18-12)14(2,3)4/h8-10H,5-7H2,1-4H3,(H3,15,16,17,18). The summed E-state index contributed by atoms with van der Waals surface area (Å²) < 4.78 is 0. The Kier molecular flexibility index (Phi) is 3.46. The van der Waals surface area contributed by atoms with Gasteiger partial charge in [0.1, 0.15) is 17.5 Å². The van der Waals surface area contributed by atoms with Gasteiger partial charge in [-0.2, -0.15) is 0 Å². The van der Waals surface area contributed by atoms with E-state index in [1.54, 1.807) is 0 Å². The SMILES string of the molecule is CC1CCC(Nc2cc(N)nc(C(C)(C)C)n2)C1. The molecule has 0 amide bonds. The predicted octanol–water partition coefficient (Wildman–Crippen LogP) is 2.96. The summed E-state index contributed by atoms with van der Waals surface area (Å²) in [6.45, 7) is 8.60. The average Bonchev–Trinajstić information content (AvgIpc) is 2.61. The summed E-state index contributed by atoms with van der Waals surface area (Å²) in [5.74, 6) is 3.02. The van der Waals surface area contributed by atoms with Gasteiger partial charge in [-0.25, -0.2) is 9.97 Å². The first-order valence-corrected chi connectivity index (χ1v) is 6.76. The van der Waals surface area contributed by atoms with Crippen LogP contribution in [0.4, 0.5) is 11.6 Å². The third kappa shape index (κ3) is 3.12. The number of hydrogen-bond donors (Lipinski definition) is 2. The van der Waals surface area contributed by atoms with E-state index in [1.165, 1.54) is 19.3 Å². The van der Waals surface area contributed by atoms with Crippen LogP contribution in [0.5, 0.6) is 0 Å². The van der Waals surface area contributed by atoms with Crippen LogP contribution in [0.2, 0.25) is 0 Å². The number of nitrogen functional groups attached to an aromatic ring is 1. The molecule has 100 valence electrons.